The molecule has 1 unspecified atom stereocenters. The van der Waals surface area contributed by atoms with Crippen molar-refractivity contribution in [2.75, 3.05) is 6.54 Å². The van der Waals surface area contributed by atoms with Crippen molar-refractivity contribution in [1.29, 1.82) is 0 Å². The van der Waals surface area contributed by atoms with Crippen LogP contribution < -0.4 is 10.3 Å². The van der Waals surface area contributed by atoms with Gasteiger partial charge in [0.15, 0.2) is 6.10 Å². The molecular formula is C20H20ClN3O3. The molecular weight excluding hydrogens is 366 g/mol. The van der Waals surface area contributed by atoms with E-state index in [9.17, 15) is 9.59 Å². The summed E-state index contributed by atoms with van der Waals surface area (Å²) in [4.78, 5) is 33.8. The van der Waals surface area contributed by atoms with Crippen LogP contribution >= 0.6 is 11.6 Å². The molecule has 1 amide bonds. The van der Waals surface area contributed by atoms with Crippen LogP contribution in [0.2, 0.25) is 5.02 Å². The topological polar surface area (TPSA) is 75.3 Å². The SMILES string of the molecule is CCN(Cc1nc2ccccc2c(=O)[nH]1)C(=O)C(C)Oc1ccc(Cl)cc1. The van der Waals surface area contributed by atoms with Gasteiger partial charge in [0.2, 0.25) is 0 Å². The number of H-pyrrole nitrogens is 1. The zero-order chi connectivity index (χ0) is 19.4. The predicted octanol–water partition coefficient (Wildman–Crippen LogP) is 3.39. The van der Waals surface area contributed by atoms with Crippen molar-refractivity contribution in [2.24, 2.45) is 0 Å². The molecule has 0 aliphatic carbocycles. The van der Waals surface area contributed by atoms with E-state index in [2.05, 4.69) is 9.97 Å². The first-order chi connectivity index (χ1) is 13.0. The van der Waals surface area contributed by atoms with E-state index in [4.69, 9.17) is 16.3 Å². The number of aromatic amines is 1. The Morgan fingerprint density at radius 2 is 1.93 bits per heavy atom. The Labute approximate surface area is 161 Å². The fraction of sp³-hybridized carbons (Fsp3) is 0.250. The Morgan fingerprint density at radius 1 is 1.22 bits per heavy atom. The average Bonchev–Trinajstić information content (AvgIpc) is 2.67. The molecule has 3 aromatic rings. The van der Waals surface area contributed by atoms with Gasteiger partial charge >= 0.3 is 0 Å². The summed E-state index contributed by atoms with van der Waals surface area (Å²) in [5.74, 6) is 0.810. The summed E-state index contributed by atoms with van der Waals surface area (Å²) in [5, 5.41) is 1.12. The Kier molecular flexibility index (Phi) is 5.76. The maximum absolute atomic E-state index is 12.8. The molecule has 7 heteroatoms. The number of amides is 1. The molecule has 1 atom stereocenters. The van der Waals surface area contributed by atoms with Gasteiger partial charge in [0.1, 0.15) is 11.6 Å². The minimum Gasteiger partial charge on any atom is -0.481 e. The van der Waals surface area contributed by atoms with E-state index >= 15 is 0 Å². The third kappa shape index (κ3) is 4.46. The number of hydrogen-bond donors (Lipinski definition) is 1. The predicted molar refractivity (Wildman–Crippen MR) is 105 cm³/mol. The van der Waals surface area contributed by atoms with Crippen LogP contribution in [-0.2, 0) is 11.3 Å². The van der Waals surface area contributed by atoms with E-state index in [1.165, 1.54) is 0 Å². The summed E-state index contributed by atoms with van der Waals surface area (Å²) >= 11 is 5.86. The Hall–Kier alpha value is -2.86. The molecule has 2 aromatic carbocycles. The number of nitrogens with zero attached hydrogens (tertiary/aromatic N) is 2. The molecule has 0 saturated carbocycles. The second-order valence-electron chi connectivity index (χ2n) is 6.10. The number of ether oxygens (including phenoxy) is 1. The van der Waals surface area contributed by atoms with Crippen LogP contribution in [0.15, 0.2) is 53.3 Å². The molecule has 0 aliphatic heterocycles. The maximum atomic E-state index is 12.8. The molecule has 1 heterocycles. The van der Waals surface area contributed by atoms with Gasteiger partial charge in [0.05, 0.1) is 17.4 Å². The number of benzene rings is 2. The van der Waals surface area contributed by atoms with Crippen molar-refractivity contribution in [3.05, 3.63) is 69.7 Å². The third-order valence-electron chi connectivity index (χ3n) is 4.17. The van der Waals surface area contributed by atoms with Crippen molar-refractivity contribution in [1.82, 2.24) is 14.9 Å². The quantitative estimate of drug-likeness (QED) is 0.705. The number of rotatable bonds is 6. The molecule has 0 saturated heterocycles. The standard InChI is InChI=1S/C20H20ClN3O3/c1-3-24(20(26)13(2)27-15-10-8-14(21)9-11-15)12-18-22-17-7-5-4-6-16(17)19(25)23-18/h4-11,13H,3,12H2,1-2H3,(H,22,23,25). The molecule has 0 radical (unpaired) electrons. The van der Waals surface area contributed by atoms with Crippen LogP contribution in [0.4, 0.5) is 0 Å². The highest BCUT2D eigenvalue weighted by molar-refractivity contribution is 6.30. The van der Waals surface area contributed by atoms with Crippen LogP contribution in [0.5, 0.6) is 5.75 Å². The van der Waals surface area contributed by atoms with Gasteiger partial charge in [-0.3, -0.25) is 9.59 Å². The second-order valence-corrected chi connectivity index (χ2v) is 6.53. The number of hydrogen-bond acceptors (Lipinski definition) is 4. The van der Waals surface area contributed by atoms with Gasteiger partial charge in [-0.1, -0.05) is 23.7 Å². The summed E-state index contributed by atoms with van der Waals surface area (Å²) in [6.45, 7) is 4.22. The molecule has 140 valence electrons. The summed E-state index contributed by atoms with van der Waals surface area (Å²) in [7, 11) is 0. The Bertz CT molecular complexity index is 1000. The third-order valence-corrected chi connectivity index (χ3v) is 4.42. The number of carbonyl (C=O) groups is 1. The van der Waals surface area contributed by atoms with Gasteiger partial charge in [-0.25, -0.2) is 4.98 Å². The lowest BCUT2D eigenvalue weighted by molar-refractivity contribution is -0.138. The Balaban J connectivity index is 1.75. The van der Waals surface area contributed by atoms with Crippen molar-refractivity contribution in [2.45, 2.75) is 26.5 Å². The average molecular weight is 386 g/mol. The van der Waals surface area contributed by atoms with Gasteiger partial charge in [-0.15, -0.1) is 0 Å². The van der Waals surface area contributed by atoms with Gasteiger partial charge in [0.25, 0.3) is 11.5 Å². The highest BCUT2D eigenvalue weighted by Crippen LogP contribution is 2.17. The maximum Gasteiger partial charge on any atom is 0.263 e. The van der Waals surface area contributed by atoms with E-state index < -0.39 is 6.10 Å². The fourth-order valence-electron chi connectivity index (χ4n) is 2.76. The summed E-state index contributed by atoms with van der Waals surface area (Å²) in [6, 6.07) is 13.9. The van der Waals surface area contributed by atoms with E-state index in [0.717, 1.165) is 0 Å². The normalized spacial score (nSPS) is 12.0. The van der Waals surface area contributed by atoms with Crippen LogP contribution in [0.1, 0.15) is 19.7 Å². The molecule has 0 bridgehead atoms. The number of nitrogens with one attached hydrogen (secondary N) is 1. The number of carbonyl (C=O) groups excluding carboxylic acids is 1. The molecule has 27 heavy (non-hydrogen) atoms. The molecule has 0 fully saturated rings. The number of halogens is 1. The minimum atomic E-state index is -0.682. The van der Waals surface area contributed by atoms with Crippen LogP contribution in [0, 0.1) is 0 Å². The van der Waals surface area contributed by atoms with E-state index in [0.29, 0.717) is 34.0 Å². The number of fused-ring (bicyclic) bond motifs is 1. The molecule has 3 rings (SSSR count). The summed E-state index contributed by atoms with van der Waals surface area (Å²) in [5.41, 5.74) is 0.384. The smallest absolute Gasteiger partial charge is 0.263 e. The van der Waals surface area contributed by atoms with Crippen molar-refractivity contribution >= 4 is 28.4 Å². The zero-order valence-corrected chi connectivity index (χ0v) is 15.9. The first-order valence-corrected chi connectivity index (χ1v) is 9.04. The number of likely N-dealkylation sites (N-methyl/N-ethyl adjacent to an activating group) is 1. The molecule has 0 spiro atoms. The Morgan fingerprint density at radius 3 is 2.63 bits per heavy atom. The van der Waals surface area contributed by atoms with E-state index in [1.54, 1.807) is 54.3 Å². The number of para-hydroxylation sites is 1. The lowest BCUT2D eigenvalue weighted by Crippen LogP contribution is -2.40. The lowest BCUT2D eigenvalue weighted by Gasteiger charge is -2.24. The molecule has 1 N–H and O–H groups in total. The van der Waals surface area contributed by atoms with Crippen LogP contribution in [0.3, 0.4) is 0 Å². The van der Waals surface area contributed by atoms with Gasteiger partial charge in [0, 0.05) is 11.6 Å². The first kappa shape index (κ1) is 18.9. The number of aromatic nitrogens is 2. The van der Waals surface area contributed by atoms with E-state index in [1.807, 2.05) is 13.0 Å². The van der Waals surface area contributed by atoms with Crippen molar-refractivity contribution in [3.63, 3.8) is 0 Å². The highest BCUT2D eigenvalue weighted by atomic mass is 35.5. The summed E-state index contributed by atoms with van der Waals surface area (Å²) < 4.78 is 5.70. The van der Waals surface area contributed by atoms with Crippen molar-refractivity contribution < 1.29 is 9.53 Å². The van der Waals surface area contributed by atoms with Gasteiger partial charge < -0.3 is 14.6 Å². The largest absolute Gasteiger partial charge is 0.481 e. The monoisotopic (exact) mass is 385 g/mol. The first-order valence-electron chi connectivity index (χ1n) is 8.67. The van der Waals surface area contributed by atoms with Crippen LogP contribution in [0.25, 0.3) is 10.9 Å². The molecule has 1 aromatic heterocycles. The second kappa shape index (κ2) is 8.22. The summed E-state index contributed by atoms with van der Waals surface area (Å²) in [6.07, 6.45) is -0.682. The lowest BCUT2D eigenvalue weighted by atomic mass is 10.2. The molecule has 6 nitrogen and oxygen atoms in total. The zero-order valence-electron chi connectivity index (χ0n) is 15.1. The molecule has 0 aliphatic rings. The van der Waals surface area contributed by atoms with Gasteiger partial charge in [-0.2, -0.15) is 0 Å². The minimum absolute atomic E-state index is 0.191. The van der Waals surface area contributed by atoms with Crippen LogP contribution in [-0.4, -0.2) is 33.4 Å². The van der Waals surface area contributed by atoms with E-state index in [-0.39, 0.29) is 18.0 Å². The highest BCUT2D eigenvalue weighted by Gasteiger charge is 2.22. The van der Waals surface area contributed by atoms with Gasteiger partial charge in [-0.05, 0) is 50.2 Å². The van der Waals surface area contributed by atoms with Crippen molar-refractivity contribution in [3.8, 4) is 5.75 Å². The fourth-order valence-corrected chi connectivity index (χ4v) is 2.89.